The van der Waals surface area contributed by atoms with Crippen molar-refractivity contribution < 1.29 is 5.11 Å². The molecule has 2 nitrogen and oxygen atoms in total. The Kier molecular flexibility index (Phi) is 1.78. The lowest BCUT2D eigenvalue weighted by Gasteiger charge is -2.26. The van der Waals surface area contributed by atoms with Crippen molar-refractivity contribution in [2.45, 2.75) is 25.2 Å². The van der Waals surface area contributed by atoms with E-state index >= 15 is 0 Å². The highest BCUT2D eigenvalue weighted by molar-refractivity contribution is 5.87. The maximum Gasteiger partial charge on any atom is 0.124 e. The first kappa shape index (κ1) is 8.84. The van der Waals surface area contributed by atoms with Gasteiger partial charge in [-0.3, -0.25) is 0 Å². The monoisotopic (exact) mass is 201 g/mol. The van der Waals surface area contributed by atoms with E-state index in [-0.39, 0.29) is 0 Å². The number of fused-ring (bicyclic) bond motifs is 1. The van der Waals surface area contributed by atoms with Crippen LogP contribution in [0.4, 0.5) is 0 Å². The molecule has 3 rings (SSSR count). The predicted molar refractivity (Wildman–Crippen MR) is 61.2 cm³/mol. The average Bonchev–Trinajstić information content (AvgIpc) is 2.45. The molecule has 2 heteroatoms. The summed E-state index contributed by atoms with van der Waals surface area (Å²) in [5, 5.41) is 10.8. The number of nitrogens with zero attached hydrogens (tertiary/aromatic N) is 1. The van der Waals surface area contributed by atoms with Gasteiger partial charge in [-0.1, -0.05) is 12.5 Å². The molecule has 0 bridgehead atoms. The van der Waals surface area contributed by atoms with Gasteiger partial charge in [0.1, 0.15) is 5.75 Å². The summed E-state index contributed by atoms with van der Waals surface area (Å²) in [7, 11) is 2.09. The smallest absolute Gasteiger partial charge is 0.124 e. The van der Waals surface area contributed by atoms with Crippen LogP contribution in [0.2, 0.25) is 0 Å². The highest BCUT2D eigenvalue weighted by atomic mass is 16.3. The lowest BCUT2D eigenvalue weighted by molar-refractivity contribution is 0.404. The van der Waals surface area contributed by atoms with Gasteiger partial charge in [-0.15, -0.1) is 0 Å². The quantitative estimate of drug-likeness (QED) is 0.753. The van der Waals surface area contributed by atoms with E-state index in [0.29, 0.717) is 11.7 Å². The van der Waals surface area contributed by atoms with Gasteiger partial charge in [0.2, 0.25) is 0 Å². The molecule has 0 amide bonds. The Bertz CT molecular complexity index is 508. The summed E-state index contributed by atoms with van der Waals surface area (Å²) >= 11 is 0. The number of phenols is 1. The number of aryl methyl sites for hydroxylation is 1. The molecule has 2 aromatic rings. The first-order valence-electron chi connectivity index (χ1n) is 5.54. The van der Waals surface area contributed by atoms with Crippen LogP contribution in [0, 0.1) is 0 Å². The molecule has 78 valence electrons. The Morgan fingerprint density at radius 2 is 2.13 bits per heavy atom. The fraction of sp³-hybridized carbons (Fsp3) is 0.385. The van der Waals surface area contributed by atoms with Crippen molar-refractivity contribution in [3.63, 3.8) is 0 Å². The summed E-state index contributed by atoms with van der Waals surface area (Å²) in [5.74, 6) is 1.11. The zero-order chi connectivity index (χ0) is 10.4. The number of hydrogen-bond donors (Lipinski definition) is 1. The molecule has 0 unspecified atom stereocenters. The molecule has 15 heavy (non-hydrogen) atoms. The van der Waals surface area contributed by atoms with Crippen LogP contribution in [0.15, 0.2) is 24.3 Å². The average molecular weight is 201 g/mol. The number of aromatic nitrogens is 1. The third-order valence-electron chi connectivity index (χ3n) is 3.62. The minimum Gasteiger partial charge on any atom is -0.507 e. The van der Waals surface area contributed by atoms with E-state index in [0.717, 1.165) is 10.9 Å². The summed E-state index contributed by atoms with van der Waals surface area (Å²) < 4.78 is 2.22. The molecule has 1 aromatic carbocycles. The third-order valence-corrected chi connectivity index (χ3v) is 3.62. The van der Waals surface area contributed by atoms with Gasteiger partial charge in [0.25, 0.3) is 0 Å². The Morgan fingerprint density at radius 3 is 2.73 bits per heavy atom. The Balaban J connectivity index is 2.23. The molecule has 1 saturated carbocycles. The maximum atomic E-state index is 9.77. The van der Waals surface area contributed by atoms with Crippen molar-refractivity contribution in [1.82, 2.24) is 4.57 Å². The molecule has 0 spiro atoms. The van der Waals surface area contributed by atoms with Crippen molar-refractivity contribution in [1.29, 1.82) is 0 Å². The van der Waals surface area contributed by atoms with Crippen molar-refractivity contribution in [2.24, 2.45) is 7.05 Å². The summed E-state index contributed by atoms with van der Waals surface area (Å²) in [6.07, 6.45) is 3.94. The fourth-order valence-corrected chi connectivity index (χ4v) is 2.46. The highest BCUT2D eigenvalue weighted by Crippen LogP contribution is 2.39. The van der Waals surface area contributed by atoms with Crippen LogP contribution in [0.1, 0.15) is 30.9 Å². The van der Waals surface area contributed by atoms with Gasteiger partial charge in [0.05, 0.1) is 5.52 Å². The van der Waals surface area contributed by atoms with Gasteiger partial charge < -0.3 is 9.67 Å². The standard InChI is InChI=1S/C13H15NO/c1-14-11-6-3-7-13(15)10(11)8-12(14)9-4-2-5-9/h3,6-9,15H,2,4-5H2,1H3. The van der Waals surface area contributed by atoms with E-state index in [1.54, 1.807) is 6.07 Å². The van der Waals surface area contributed by atoms with Crippen molar-refractivity contribution in [2.75, 3.05) is 0 Å². The summed E-state index contributed by atoms with van der Waals surface area (Å²) in [6, 6.07) is 7.88. The van der Waals surface area contributed by atoms with Crippen LogP contribution in [0.3, 0.4) is 0 Å². The summed E-state index contributed by atoms with van der Waals surface area (Å²) in [5.41, 5.74) is 2.51. The van der Waals surface area contributed by atoms with Crippen LogP contribution in [0.25, 0.3) is 10.9 Å². The molecule has 0 radical (unpaired) electrons. The molecule has 0 aliphatic heterocycles. The van der Waals surface area contributed by atoms with E-state index in [1.807, 2.05) is 6.07 Å². The van der Waals surface area contributed by atoms with Gasteiger partial charge in [0, 0.05) is 18.1 Å². The molecule has 1 N–H and O–H groups in total. The van der Waals surface area contributed by atoms with Gasteiger partial charge in [-0.05, 0) is 37.0 Å². The minimum atomic E-state index is 0.397. The van der Waals surface area contributed by atoms with Gasteiger partial charge >= 0.3 is 0 Å². The molecular formula is C13H15NO. The van der Waals surface area contributed by atoms with Crippen LogP contribution < -0.4 is 0 Å². The van der Waals surface area contributed by atoms with Crippen LogP contribution in [-0.4, -0.2) is 9.67 Å². The van der Waals surface area contributed by atoms with Crippen molar-refractivity contribution in [3.8, 4) is 5.75 Å². The van der Waals surface area contributed by atoms with E-state index in [2.05, 4.69) is 23.7 Å². The third kappa shape index (κ3) is 1.17. The second-order valence-electron chi connectivity index (χ2n) is 4.47. The number of benzene rings is 1. The summed E-state index contributed by atoms with van der Waals surface area (Å²) in [4.78, 5) is 0. The van der Waals surface area contributed by atoms with Gasteiger partial charge in [0.15, 0.2) is 0 Å². The summed E-state index contributed by atoms with van der Waals surface area (Å²) in [6.45, 7) is 0. The molecule has 1 aromatic heterocycles. The number of hydrogen-bond acceptors (Lipinski definition) is 1. The zero-order valence-corrected chi connectivity index (χ0v) is 8.90. The second-order valence-corrected chi connectivity index (χ2v) is 4.47. The second kappa shape index (κ2) is 3.02. The van der Waals surface area contributed by atoms with Crippen LogP contribution in [0.5, 0.6) is 5.75 Å². The lowest BCUT2D eigenvalue weighted by atomic mass is 9.83. The van der Waals surface area contributed by atoms with E-state index in [4.69, 9.17) is 0 Å². The van der Waals surface area contributed by atoms with Crippen molar-refractivity contribution >= 4 is 10.9 Å². The first-order chi connectivity index (χ1) is 7.27. The molecule has 1 aliphatic rings. The van der Waals surface area contributed by atoms with Crippen LogP contribution in [-0.2, 0) is 7.05 Å². The van der Waals surface area contributed by atoms with E-state index < -0.39 is 0 Å². The topological polar surface area (TPSA) is 25.2 Å². The molecule has 0 saturated heterocycles. The number of rotatable bonds is 1. The Labute approximate surface area is 89.1 Å². The molecule has 0 atom stereocenters. The van der Waals surface area contributed by atoms with Crippen LogP contribution >= 0.6 is 0 Å². The minimum absolute atomic E-state index is 0.397. The Hall–Kier alpha value is -1.44. The predicted octanol–water partition coefficient (Wildman–Crippen LogP) is 3.15. The Morgan fingerprint density at radius 1 is 1.33 bits per heavy atom. The highest BCUT2D eigenvalue weighted by Gasteiger charge is 2.23. The first-order valence-corrected chi connectivity index (χ1v) is 5.54. The fourth-order valence-electron chi connectivity index (χ4n) is 2.46. The lowest BCUT2D eigenvalue weighted by Crippen LogP contribution is -2.12. The maximum absolute atomic E-state index is 9.77. The number of phenolic OH excluding ortho intramolecular Hbond substituents is 1. The normalized spacial score (nSPS) is 16.9. The van der Waals surface area contributed by atoms with Crippen molar-refractivity contribution in [3.05, 3.63) is 30.0 Å². The SMILES string of the molecule is Cn1c(C2CCC2)cc2c(O)cccc21. The van der Waals surface area contributed by atoms with E-state index in [1.165, 1.54) is 25.0 Å². The van der Waals surface area contributed by atoms with Gasteiger partial charge in [-0.25, -0.2) is 0 Å². The zero-order valence-electron chi connectivity index (χ0n) is 8.90. The molecular weight excluding hydrogens is 186 g/mol. The molecule has 1 fully saturated rings. The largest absolute Gasteiger partial charge is 0.507 e. The van der Waals surface area contributed by atoms with Gasteiger partial charge in [-0.2, -0.15) is 0 Å². The molecule has 1 heterocycles. The molecule has 1 aliphatic carbocycles. The van der Waals surface area contributed by atoms with E-state index in [9.17, 15) is 5.11 Å². The number of aromatic hydroxyl groups is 1.